The predicted molar refractivity (Wildman–Crippen MR) is 93.7 cm³/mol. The number of aromatic hydroxyl groups is 2. The van der Waals surface area contributed by atoms with Crippen LogP contribution in [-0.2, 0) is 25.4 Å². The van der Waals surface area contributed by atoms with Gasteiger partial charge in [0.15, 0.2) is 11.5 Å². The van der Waals surface area contributed by atoms with Gasteiger partial charge in [-0.25, -0.2) is 4.79 Å². The van der Waals surface area contributed by atoms with E-state index in [1.807, 2.05) is 13.8 Å². The molecule has 3 atom stereocenters. The minimum atomic E-state index is -0.971. The molecule has 0 radical (unpaired) electrons. The predicted octanol–water partition coefficient (Wildman–Crippen LogP) is 2.10. The SMILES string of the molecule is CC(C)COC(=O)O[C@@H](C)[C@H](C)OC(=O)[C@@H](N)Cc1ccc(O)c(O)c1. The van der Waals surface area contributed by atoms with E-state index in [1.165, 1.54) is 12.1 Å². The van der Waals surface area contributed by atoms with E-state index in [1.54, 1.807) is 19.9 Å². The minimum absolute atomic E-state index is 0.116. The van der Waals surface area contributed by atoms with Crippen LogP contribution in [0.5, 0.6) is 11.5 Å². The molecule has 0 aromatic heterocycles. The Kier molecular flexibility index (Phi) is 8.18. The lowest BCUT2D eigenvalue weighted by atomic mass is 10.1. The summed E-state index contributed by atoms with van der Waals surface area (Å²) >= 11 is 0. The molecule has 0 aliphatic carbocycles. The normalized spacial score (nSPS) is 14.4. The van der Waals surface area contributed by atoms with Gasteiger partial charge in [0, 0.05) is 0 Å². The number of carbonyl (C=O) groups is 2. The topological polar surface area (TPSA) is 128 Å². The first-order valence-corrected chi connectivity index (χ1v) is 8.40. The lowest BCUT2D eigenvalue weighted by Crippen LogP contribution is -2.39. The van der Waals surface area contributed by atoms with E-state index < -0.39 is 30.4 Å². The molecule has 0 aliphatic heterocycles. The number of nitrogens with two attached hydrogens (primary N) is 1. The third-order valence-electron chi connectivity index (χ3n) is 3.58. The van der Waals surface area contributed by atoms with Gasteiger partial charge in [0.05, 0.1) is 6.61 Å². The van der Waals surface area contributed by atoms with E-state index in [0.29, 0.717) is 5.56 Å². The fourth-order valence-corrected chi connectivity index (χ4v) is 1.92. The Morgan fingerprint density at radius 2 is 1.65 bits per heavy atom. The highest BCUT2D eigenvalue weighted by atomic mass is 16.7. The van der Waals surface area contributed by atoms with Gasteiger partial charge in [0.25, 0.3) is 0 Å². The van der Waals surface area contributed by atoms with Crippen molar-refractivity contribution < 1.29 is 34.0 Å². The van der Waals surface area contributed by atoms with Crippen LogP contribution in [0.2, 0.25) is 0 Å². The average Bonchev–Trinajstić information content (AvgIpc) is 2.56. The van der Waals surface area contributed by atoms with Gasteiger partial charge in [-0.2, -0.15) is 0 Å². The summed E-state index contributed by atoms with van der Waals surface area (Å²) in [6, 6.07) is 3.20. The van der Waals surface area contributed by atoms with Crippen molar-refractivity contribution >= 4 is 12.1 Å². The second-order valence-electron chi connectivity index (χ2n) is 6.55. The number of esters is 1. The maximum Gasteiger partial charge on any atom is 0.508 e. The van der Waals surface area contributed by atoms with Crippen LogP contribution in [-0.4, -0.2) is 47.2 Å². The van der Waals surface area contributed by atoms with Gasteiger partial charge in [-0.05, 0) is 43.9 Å². The molecule has 1 rings (SSSR count). The van der Waals surface area contributed by atoms with Crippen LogP contribution in [0.25, 0.3) is 0 Å². The Labute approximate surface area is 152 Å². The van der Waals surface area contributed by atoms with E-state index >= 15 is 0 Å². The highest BCUT2D eigenvalue weighted by Crippen LogP contribution is 2.25. The summed E-state index contributed by atoms with van der Waals surface area (Å²) in [6.45, 7) is 7.20. The van der Waals surface area contributed by atoms with Crippen LogP contribution >= 0.6 is 0 Å². The molecular weight excluding hydrogens is 342 g/mol. The average molecular weight is 369 g/mol. The van der Waals surface area contributed by atoms with Gasteiger partial charge in [0.2, 0.25) is 0 Å². The third-order valence-corrected chi connectivity index (χ3v) is 3.58. The molecule has 0 heterocycles. The molecule has 0 saturated heterocycles. The number of benzene rings is 1. The molecule has 0 saturated carbocycles. The monoisotopic (exact) mass is 369 g/mol. The zero-order valence-corrected chi connectivity index (χ0v) is 15.5. The van der Waals surface area contributed by atoms with Crippen molar-refractivity contribution in [3.63, 3.8) is 0 Å². The number of hydrogen-bond donors (Lipinski definition) is 3. The molecule has 0 amide bonds. The smallest absolute Gasteiger partial charge is 0.504 e. The van der Waals surface area contributed by atoms with Crippen LogP contribution in [0.15, 0.2) is 18.2 Å². The van der Waals surface area contributed by atoms with Crippen molar-refractivity contribution in [1.29, 1.82) is 0 Å². The second kappa shape index (κ2) is 9.86. The zero-order chi connectivity index (χ0) is 19.9. The van der Waals surface area contributed by atoms with E-state index in [0.717, 1.165) is 0 Å². The van der Waals surface area contributed by atoms with Gasteiger partial charge in [-0.3, -0.25) is 4.79 Å². The number of carbonyl (C=O) groups excluding carboxylic acids is 2. The fourth-order valence-electron chi connectivity index (χ4n) is 1.92. The van der Waals surface area contributed by atoms with E-state index in [4.69, 9.17) is 19.9 Å². The van der Waals surface area contributed by atoms with Crippen LogP contribution in [0.4, 0.5) is 4.79 Å². The minimum Gasteiger partial charge on any atom is -0.504 e. The van der Waals surface area contributed by atoms with Crippen molar-refractivity contribution in [2.75, 3.05) is 6.61 Å². The molecular formula is C18H27NO7. The molecule has 1 aromatic carbocycles. The Bertz CT molecular complexity index is 618. The van der Waals surface area contributed by atoms with Crippen LogP contribution < -0.4 is 5.73 Å². The lowest BCUT2D eigenvalue weighted by molar-refractivity contribution is -0.155. The summed E-state index contributed by atoms with van der Waals surface area (Å²) in [5, 5.41) is 18.7. The number of rotatable bonds is 8. The molecule has 4 N–H and O–H groups in total. The lowest BCUT2D eigenvalue weighted by Gasteiger charge is -2.22. The van der Waals surface area contributed by atoms with Crippen molar-refractivity contribution in [3.8, 4) is 11.5 Å². The number of phenolic OH excluding ortho intramolecular Hbond substituents is 2. The molecule has 1 aromatic rings. The Morgan fingerprint density at radius 1 is 1.04 bits per heavy atom. The maximum atomic E-state index is 12.1. The van der Waals surface area contributed by atoms with Gasteiger partial charge in [0.1, 0.15) is 18.2 Å². The van der Waals surface area contributed by atoms with Gasteiger partial charge >= 0.3 is 12.1 Å². The summed E-state index contributed by atoms with van der Waals surface area (Å²) in [5.41, 5.74) is 6.39. The van der Waals surface area contributed by atoms with E-state index in [9.17, 15) is 19.8 Å². The van der Waals surface area contributed by atoms with Gasteiger partial charge in [-0.1, -0.05) is 19.9 Å². The van der Waals surface area contributed by atoms with Crippen molar-refractivity contribution in [2.24, 2.45) is 11.7 Å². The molecule has 0 aliphatic rings. The van der Waals surface area contributed by atoms with Crippen molar-refractivity contribution in [1.82, 2.24) is 0 Å². The van der Waals surface area contributed by atoms with Crippen LogP contribution in [0, 0.1) is 5.92 Å². The van der Waals surface area contributed by atoms with E-state index in [-0.39, 0.29) is 30.4 Å². The zero-order valence-electron chi connectivity index (χ0n) is 15.5. The van der Waals surface area contributed by atoms with Crippen LogP contribution in [0.1, 0.15) is 33.3 Å². The molecule has 0 spiro atoms. The third kappa shape index (κ3) is 7.18. The summed E-state index contributed by atoms with van der Waals surface area (Å²) in [7, 11) is 0. The summed E-state index contributed by atoms with van der Waals surface area (Å²) in [4.78, 5) is 23.6. The first-order valence-electron chi connectivity index (χ1n) is 8.40. The number of ether oxygens (including phenoxy) is 3. The largest absolute Gasteiger partial charge is 0.508 e. The molecule has 0 bridgehead atoms. The number of phenols is 2. The summed E-state index contributed by atoms with van der Waals surface area (Å²) in [6.07, 6.45) is -2.12. The van der Waals surface area contributed by atoms with Crippen LogP contribution in [0.3, 0.4) is 0 Å². The van der Waals surface area contributed by atoms with Gasteiger partial charge < -0.3 is 30.2 Å². The van der Waals surface area contributed by atoms with Crippen molar-refractivity contribution in [3.05, 3.63) is 23.8 Å². The first-order chi connectivity index (χ1) is 12.1. The summed E-state index contributed by atoms with van der Waals surface area (Å²) < 4.78 is 15.2. The molecule has 8 heteroatoms. The Morgan fingerprint density at radius 3 is 2.23 bits per heavy atom. The molecule has 26 heavy (non-hydrogen) atoms. The molecule has 8 nitrogen and oxygen atoms in total. The highest BCUT2D eigenvalue weighted by Gasteiger charge is 2.25. The quantitative estimate of drug-likeness (QED) is 0.469. The summed E-state index contributed by atoms with van der Waals surface area (Å²) in [5.74, 6) is -1.03. The number of hydrogen-bond acceptors (Lipinski definition) is 8. The fraction of sp³-hybridized carbons (Fsp3) is 0.556. The molecule has 0 fully saturated rings. The molecule has 146 valence electrons. The van der Waals surface area contributed by atoms with Crippen molar-refractivity contribution in [2.45, 2.75) is 52.4 Å². The highest BCUT2D eigenvalue weighted by molar-refractivity contribution is 5.76. The maximum absolute atomic E-state index is 12.1. The van der Waals surface area contributed by atoms with E-state index in [2.05, 4.69) is 0 Å². The Balaban J connectivity index is 2.48. The van der Waals surface area contributed by atoms with Gasteiger partial charge in [-0.15, -0.1) is 0 Å². The Hall–Kier alpha value is -2.48. The second-order valence-corrected chi connectivity index (χ2v) is 6.55. The molecule has 0 unspecified atom stereocenters. The first kappa shape index (κ1) is 21.6. The standard InChI is InChI=1S/C18H27NO7/c1-10(2)9-24-18(23)26-12(4)11(3)25-17(22)14(19)7-13-5-6-15(20)16(21)8-13/h5-6,8,10-12,14,20-21H,7,9,19H2,1-4H3/t11-,12-,14-/m0/s1.